The van der Waals surface area contributed by atoms with Crippen LogP contribution < -0.4 is 0 Å². The summed E-state index contributed by atoms with van der Waals surface area (Å²) >= 11 is 3.72. The molecule has 1 aromatic rings. The Morgan fingerprint density at radius 3 is 2.33 bits per heavy atom. The lowest BCUT2D eigenvalue weighted by Crippen LogP contribution is -2.48. The predicted octanol–water partition coefficient (Wildman–Crippen LogP) is 4.01. The Morgan fingerprint density at radius 2 is 1.75 bits per heavy atom. The van der Waals surface area contributed by atoms with Gasteiger partial charge < -0.3 is 9.80 Å². The van der Waals surface area contributed by atoms with E-state index in [0.717, 1.165) is 37.3 Å². The van der Waals surface area contributed by atoms with Crippen molar-refractivity contribution in [3.8, 4) is 0 Å². The van der Waals surface area contributed by atoms with Gasteiger partial charge in [0.2, 0.25) is 0 Å². The molecule has 0 N–H and O–H groups in total. The molecule has 1 amide bonds. The maximum atomic E-state index is 13.0. The fourth-order valence-corrected chi connectivity index (χ4v) is 4.94. The second kappa shape index (κ2) is 7.29. The molecule has 1 aromatic heterocycles. The van der Waals surface area contributed by atoms with Crippen molar-refractivity contribution in [3.05, 3.63) is 14.5 Å². The number of hydrogen-bond donors (Lipinski definition) is 0. The summed E-state index contributed by atoms with van der Waals surface area (Å²) in [5, 5.41) is 0. The van der Waals surface area contributed by atoms with Gasteiger partial charge in [0, 0.05) is 19.1 Å². The standard InChI is InChI=1S/C15H19BrF3N3OS/c16-14-20-12(15(17,18)19)11(24-14)13(23)22-8-4-10(5-9-22)21-6-2-1-3-7-21/h10H,1-9H2. The van der Waals surface area contributed by atoms with Gasteiger partial charge in [-0.3, -0.25) is 4.79 Å². The average Bonchev–Trinajstić information content (AvgIpc) is 2.97. The molecule has 2 saturated heterocycles. The minimum atomic E-state index is -4.61. The highest BCUT2D eigenvalue weighted by Crippen LogP contribution is 2.37. The topological polar surface area (TPSA) is 36.4 Å². The SMILES string of the molecule is O=C(c1sc(Br)nc1C(F)(F)F)N1CCC(N2CCCCC2)CC1. The Kier molecular flexibility index (Phi) is 5.51. The van der Waals surface area contributed by atoms with Crippen LogP contribution in [-0.2, 0) is 6.18 Å². The van der Waals surface area contributed by atoms with E-state index in [1.54, 1.807) is 0 Å². The lowest BCUT2D eigenvalue weighted by Gasteiger charge is -2.40. The molecule has 0 atom stereocenters. The lowest BCUT2D eigenvalue weighted by molar-refractivity contribution is -0.141. The molecular weight excluding hydrogens is 407 g/mol. The number of aromatic nitrogens is 1. The molecule has 0 spiro atoms. The number of halogens is 4. The predicted molar refractivity (Wildman–Crippen MR) is 89.2 cm³/mol. The summed E-state index contributed by atoms with van der Waals surface area (Å²) in [6, 6.07) is 0.449. The Balaban J connectivity index is 1.65. The first kappa shape index (κ1) is 18.1. The zero-order chi connectivity index (χ0) is 17.3. The number of amides is 1. The van der Waals surface area contributed by atoms with Crippen LogP contribution in [0.25, 0.3) is 0 Å². The van der Waals surface area contributed by atoms with Gasteiger partial charge in [-0.25, -0.2) is 4.98 Å². The number of rotatable bonds is 2. The lowest BCUT2D eigenvalue weighted by atomic mass is 10.00. The minimum absolute atomic E-state index is 0.0846. The highest BCUT2D eigenvalue weighted by atomic mass is 79.9. The van der Waals surface area contributed by atoms with Gasteiger partial charge >= 0.3 is 6.18 Å². The van der Waals surface area contributed by atoms with E-state index in [0.29, 0.717) is 19.1 Å². The molecule has 2 aliphatic heterocycles. The van der Waals surface area contributed by atoms with Crippen LogP contribution in [0.1, 0.15) is 47.5 Å². The molecule has 0 bridgehead atoms. The summed E-state index contributed by atoms with van der Waals surface area (Å²) in [4.78, 5) is 19.7. The molecule has 9 heteroatoms. The van der Waals surface area contributed by atoms with Gasteiger partial charge in [-0.1, -0.05) is 6.42 Å². The van der Waals surface area contributed by atoms with Crippen molar-refractivity contribution in [2.45, 2.75) is 44.3 Å². The van der Waals surface area contributed by atoms with Crippen LogP contribution in [0.2, 0.25) is 0 Å². The Bertz CT molecular complexity index is 593. The second-order valence-corrected chi connectivity index (χ2v) is 8.54. The number of carbonyl (C=O) groups is 1. The van der Waals surface area contributed by atoms with E-state index < -0.39 is 17.8 Å². The minimum Gasteiger partial charge on any atom is -0.338 e. The van der Waals surface area contributed by atoms with Crippen molar-refractivity contribution in [2.75, 3.05) is 26.2 Å². The van der Waals surface area contributed by atoms with Crippen LogP contribution in [0.4, 0.5) is 13.2 Å². The van der Waals surface area contributed by atoms with Crippen molar-refractivity contribution in [2.24, 2.45) is 0 Å². The first-order valence-electron chi connectivity index (χ1n) is 8.13. The number of likely N-dealkylation sites (tertiary alicyclic amines) is 2. The maximum Gasteiger partial charge on any atom is 0.435 e. The second-order valence-electron chi connectivity index (χ2n) is 6.26. The number of thiazole rings is 1. The van der Waals surface area contributed by atoms with Crippen LogP contribution in [0.5, 0.6) is 0 Å². The molecule has 0 unspecified atom stereocenters. The fraction of sp³-hybridized carbons (Fsp3) is 0.733. The molecule has 3 heterocycles. The molecule has 2 aliphatic rings. The number of piperidine rings is 2. The Morgan fingerprint density at radius 1 is 1.12 bits per heavy atom. The van der Waals surface area contributed by atoms with Crippen LogP contribution in [0, 0.1) is 0 Å². The third-order valence-electron chi connectivity index (χ3n) is 4.72. The van der Waals surface area contributed by atoms with E-state index in [1.165, 1.54) is 24.2 Å². The average molecular weight is 426 g/mol. The van der Waals surface area contributed by atoms with Crippen molar-refractivity contribution in [1.29, 1.82) is 0 Å². The highest BCUT2D eigenvalue weighted by Gasteiger charge is 2.41. The molecule has 2 fully saturated rings. The zero-order valence-corrected chi connectivity index (χ0v) is 15.5. The molecule has 0 aromatic carbocycles. The first-order chi connectivity index (χ1) is 11.4. The summed E-state index contributed by atoms with van der Waals surface area (Å²) in [5.41, 5.74) is -1.08. The molecule has 24 heavy (non-hydrogen) atoms. The van der Waals surface area contributed by atoms with Gasteiger partial charge in [0.25, 0.3) is 5.91 Å². The van der Waals surface area contributed by atoms with Gasteiger partial charge in [0.1, 0.15) is 4.88 Å². The molecule has 4 nitrogen and oxygen atoms in total. The van der Waals surface area contributed by atoms with E-state index in [-0.39, 0.29) is 8.79 Å². The Hall–Kier alpha value is -0.670. The van der Waals surface area contributed by atoms with Gasteiger partial charge in [-0.05, 0) is 54.7 Å². The maximum absolute atomic E-state index is 13.0. The molecular formula is C15H19BrF3N3OS. The zero-order valence-electron chi connectivity index (χ0n) is 13.1. The van der Waals surface area contributed by atoms with Gasteiger partial charge in [0.15, 0.2) is 9.61 Å². The molecule has 0 aliphatic carbocycles. The molecule has 3 rings (SSSR count). The first-order valence-corrected chi connectivity index (χ1v) is 9.74. The van der Waals surface area contributed by atoms with Crippen LogP contribution in [0.3, 0.4) is 0 Å². The number of hydrogen-bond acceptors (Lipinski definition) is 4. The number of alkyl halides is 3. The largest absolute Gasteiger partial charge is 0.435 e. The van der Waals surface area contributed by atoms with E-state index in [4.69, 9.17) is 0 Å². The van der Waals surface area contributed by atoms with Crippen molar-refractivity contribution in [1.82, 2.24) is 14.8 Å². The van der Waals surface area contributed by atoms with Crippen LogP contribution in [-0.4, -0.2) is 52.9 Å². The van der Waals surface area contributed by atoms with Crippen molar-refractivity contribution >= 4 is 33.2 Å². The van der Waals surface area contributed by atoms with Crippen molar-refractivity contribution in [3.63, 3.8) is 0 Å². The summed E-state index contributed by atoms with van der Waals surface area (Å²) in [5.74, 6) is -0.553. The fourth-order valence-electron chi connectivity index (χ4n) is 3.49. The smallest absolute Gasteiger partial charge is 0.338 e. The third-order valence-corrected chi connectivity index (χ3v) is 6.22. The van der Waals surface area contributed by atoms with Gasteiger partial charge in [-0.15, -0.1) is 11.3 Å². The van der Waals surface area contributed by atoms with Gasteiger partial charge in [0.05, 0.1) is 0 Å². The summed E-state index contributed by atoms with van der Waals surface area (Å²) in [6.45, 7) is 3.21. The van der Waals surface area contributed by atoms with E-state index in [2.05, 4.69) is 25.8 Å². The molecule has 0 radical (unpaired) electrons. The van der Waals surface area contributed by atoms with E-state index in [1.807, 2.05) is 0 Å². The van der Waals surface area contributed by atoms with E-state index in [9.17, 15) is 18.0 Å². The number of carbonyl (C=O) groups excluding carboxylic acids is 1. The number of nitrogens with zero attached hydrogens (tertiary/aromatic N) is 3. The normalized spacial score (nSPS) is 21.2. The molecule has 134 valence electrons. The van der Waals surface area contributed by atoms with E-state index >= 15 is 0 Å². The Labute approximate surface area is 151 Å². The third kappa shape index (κ3) is 3.94. The van der Waals surface area contributed by atoms with Crippen LogP contribution in [0.15, 0.2) is 3.92 Å². The quantitative estimate of drug-likeness (QED) is 0.717. The summed E-state index contributed by atoms with van der Waals surface area (Å²) in [7, 11) is 0. The summed E-state index contributed by atoms with van der Waals surface area (Å²) < 4.78 is 39.2. The highest BCUT2D eigenvalue weighted by molar-refractivity contribution is 9.11. The monoisotopic (exact) mass is 425 g/mol. The van der Waals surface area contributed by atoms with Crippen molar-refractivity contribution < 1.29 is 18.0 Å². The van der Waals surface area contributed by atoms with Gasteiger partial charge in [-0.2, -0.15) is 13.2 Å². The van der Waals surface area contributed by atoms with Crippen LogP contribution >= 0.6 is 27.3 Å². The summed E-state index contributed by atoms with van der Waals surface area (Å²) in [6.07, 6.45) is 0.736. The molecule has 0 saturated carbocycles.